The van der Waals surface area contributed by atoms with Crippen LogP contribution in [0.25, 0.3) is 0 Å². The molecule has 1 unspecified atom stereocenters. The van der Waals surface area contributed by atoms with Crippen LogP contribution in [0, 0.1) is 11.3 Å². The van der Waals surface area contributed by atoms with E-state index in [1.807, 2.05) is 13.8 Å². The Balaban J connectivity index is 3.11. The summed E-state index contributed by atoms with van der Waals surface area (Å²) in [5.41, 5.74) is 4.36. The molecule has 0 aromatic carbocycles. The van der Waals surface area contributed by atoms with Gasteiger partial charge < -0.3 is 9.47 Å². The quantitative estimate of drug-likeness (QED) is 0.414. The first-order valence-electron chi connectivity index (χ1n) is 7.77. The van der Waals surface area contributed by atoms with Gasteiger partial charge in [-0.2, -0.15) is 0 Å². The van der Waals surface area contributed by atoms with Crippen molar-refractivity contribution in [2.24, 2.45) is 21.5 Å². The lowest BCUT2D eigenvalue weighted by Crippen LogP contribution is -2.54. The average Bonchev–Trinajstić information content (AvgIpc) is 2.48. The number of nitrogens with zero attached hydrogens (tertiary/aromatic N) is 2. The number of amidine groups is 1. The highest BCUT2D eigenvalue weighted by Crippen LogP contribution is 2.23. The third-order valence-electron chi connectivity index (χ3n) is 3.36. The van der Waals surface area contributed by atoms with E-state index in [-0.39, 0.29) is 31.3 Å². The number of rotatable bonds is 6. The van der Waals surface area contributed by atoms with Gasteiger partial charge in [-0.05, 0) is 20.8 Å². The summed E-state index contributed by atoms with van der Waals surface area (Å²) in [6.07, 6.45) is 0.219. The summed E-state index contributed by atoms with van der Waals surface area (Å²) in [6, 6.07) is 0. The predicted molar refractivity (Wildman–Crippen MR) is 87.0 cm³/mol. The zero-order valence-electron chi connectivity index (χ0n) is 14.6. The van der Waals surface area contributed by atoms with Crippen molar-refractivity contribution in [2.45, 2.75) is 41.0 Å². The Morgan fingerprint density at radius 1 is 1.21 bits per heavy atom. The lowest BCUT2D eigenvalue weighted by atomic mass is 9.86. The van der Waals surface area contributed by atoms with Crippen LogP contribution in [0.3, 0.4) is 0 Å². The Morgan fingerprint density at radius 2 is 1.83 bits per heavy atom. The van der Waals surface area contributed by atoms with Crippen molar-refractivity contribution in [3.63, 3.8) is 0 Å². The molecular formula is C15H24N4O5. The molecule has 0 bridgehead atoms. The highest BCUT2D eigenvalue weighted by atomic mass is 16.5. The summed E-state index contributed by atoms with van der Waals surface area (Å²) in [5, 5.41) is 7.91. The molecule has 24 heavy (non-hydrogen) atoms. The highest BCUT2D eigenvalue weighted by molar-refractivity contribution is 6.40. The van der Waals surface area contributed by atoms with E-state index in [4.69, 9.17) is 9.47 Å². The molecule has 1 atom stereocenters. The van der Waals surface area contributed by atoms with Crippen LogP contribution in [0.2, 0.25) is 0 Å². The molecule has 9 nitrogen and oxygen atoms in total. The van der Waals surface area contributed by atoms with Gasteiger partial charge in [-0.3, -0.25) is 20.4 Å². The van der Waals surface area contributed by atoms with E-state index in [9.17, 15) is 14.4 Å². The maximum absolute atomic E-state index is 12.1. The largest absolute Gasteiger partial charge is 0.465 e. The summed E-state index contributed by atoms with van der Waals surface area (Å²) < 4.78 is 9.84. The molecular weight excluding hydrogens is 316 g/mol. The van der Waals surface area contributed by atoms with Crippen LogP contribution < -0.4 is 10.9 Å². The number of amides is 1. The van der Waals surface area contributed by atoms with E-state index in [2.05, 4.69) is 21.1 Å². The summed E-state index contributed by atoms with van der Waals surface area (Å²) in [4.78, 5) is 35.4. The third-order valence-corrected chi connectivity index (χ3v) is 3.36. The molecule has 0 aliphatic carbocycles. The fourth-order valence-corrected chi connectivity index (χ4v) is 1.98. The maximum Gasteiger partial charge on any atom is 0.355 e. The summed E-state index contributed by atoms with van der Waals surface area (Å²) in [5.74, 6) is -2.04. The van der Waals surface area contributed by atoms with Crippen LogP contribution in [-0.2, 0) is 23.9 Å². The van der Waals surface area contributed by atoms with Crippen molar-refractivity contribution < 1.29 is 23.9 Å². The molecule has 1 fully saturated rings. The molecule has 2 N–H and O–H groups in total. The normalized spacial score (nSPS) is 20.0. The molecule has 9 heteroatoms. The van der Waals surface area contributed by atoms with Crippen molar-refractivity contribution in [1.82, 2.24) is 10.9 Å². The number of hydrazine groups is 1. The third kappa shape index (κ3) is 5.04. The van der Waals surface area contributed by atoms with Crippen LogP contribution in [0.4, 0.5) is 0 Å². The van der Waals surface area contributed by atoms with Gasteiger partial charge >= 0.3 is 11.9 Å². The Morgan fingerprint density at radius 3 is 2.38 bits per heavy atom. The molecule has 0 spiro atoms. The number of hydrogen-bond acceptors (Lipinski definition) is 7. The van der Waals surface area contributed by atoms with E-state index in [0.29, 0.717) is 5.84 Å². The second-order valence-corrected chi connectivity index (χ2v) is 5.86. The molecule has 0 aromatic heterocycles. The number of hydrogen-bond donors (Lipinski definition) is 2. The first-order chi connectivity index (χ1) is 11.2. The molecule has 1 aliphatic heterocycles. The molecule has 0 radical (unpaired) electrons. The Bertz CT molecular complexity index is 568. The molecule has 0 aromatic rings. The number of nitrogens with one attached hydrogen (secondary N) is 2. The van der Waals surface area contributed by atoms with Crippen LogP contribution in [0.1, 0.15) is 41.0 Å². The van der Waals surface area contributed by atoms with Crippen molar-refractivity contribution in [1.29, 1.82) is 0 Å². The maximum atomic E-state index is 12.1. The summed E-state index contributed by atoms with van der Waals surface area (Å²) in [7, 11) is 0. The predicted octanol–water partition coefficient (Wildman–Crippen LogP) is 0.554. The second kappa shape index (κ2) is 8.42. The average molecular weight is 340 g/mol. The lowest BCUT2D eigenvalue weighted by Gasteiger charge is -2.30. The monoisotopic (exact) mass is 340 g/mol. The number of esters is 2. The zero-order valence-corrected chi connectivity index (χ0v) is 14.6. The number of carbonyl (C=O) groups excluding carboxylic acids is 3. The van der Waals surface area contributed by atoms with Crippen molar-refractivity contribution in [3.05, 3.63) is 0 Å². The minimum absolute atomic E-state index is 0.143. The number of carbonyl (C=O) groups is 3. The van der Waals surface area contributed by atoms with Gasteiger partial charge in [-0.15, -0.1) is 10.2 Å². The summed E-state index contributed by atoms with van der Waals surface area (Å²) in [6.45, 7) is 8.77. The molecule has 0 saturated carbocycles. The fourth-order valence-electron chi connectivity index (χ4n) is 1.98. The van der Waals surface area contributed by atoms with Gasteiger partial charge in [0.25, 0.3) is 0 Å². The van der Waals surface area contributed by atoms with Crippen LogP contribution in [0.5, 0.6) is 0 Å². The standard InChI is InChI=1S/C15H24N4O5/c1-6-23-12(21)9(3)11(13(22)24-7-2)17-19-14-15(4,5)8-10(20)16-18-14/h9H,6-8H2,1-5H3,(H,16,20)(H,18,19). The van der Waals surface area contributed by atoms with Crippen LogP contribution in [0.15, 0.2) is 10.2 Å². The van der Waals surface area contributed by atoms with E-state index >= 15 is 0 Å². The molecule has 1 aliphatic rings. The second-order valence-electron chi connectivity index (χ2n) is 5.86. The van der Waals surface area contributed by atoms with Crippen molar-refractivity contribution in [3.8, 4) is 0 Å². The van der Waals surface area contributed by atoms with E-state index < -0.39 is 23.3 Å². The highest BCUT2D eigenvalue weighted by Gasteiger charge is 2.34. The van der Waals surface area contributed by atoms with Gasteiger partial charge in [0.05, 0.1) is 13.2 Å². The van der Waals surface area contributed by atoms with Gasteiger partial charge in [0, 0.05) is 11.8 Å². The topological polar surface area (TPSA) is 118 Å². The van der Waals surface area contributed by atoms with Crippen LogP contribution in [-0.4, -0.2) is 42.6 Å². The minimum Gasteiger partial charge on any atom is -0.465 e. The van der Waals surface area contributed by atoms with Crippen LogP contribution >= 0.6 is 0 Å². The fraction of sp³-hybridized carbons (Fsp3) is 0.667. The Kier molecular flexibility index (Phi) is 6.87. The molecule has 1 rings (SSSR count). The smallest absolute Gasteiger partial charge is 0.355 e. The van der Waals surface area contributed by atoms with Gasteiger partial charge in [0.1, 0.15) is 11.8 Å². The molecule has 1 heterocycles. The molecule has 134 valence electrons. The van der Waals surface area contributed by atoms with Gasteiger partial charge in [-0.1, -0.05) is 13.8 Å². The lowest BCUT2D eigenvalue weighted by molar-refractivity contribution is -0.146. The van der Waals surface area contributed by atoms with E-state index in [0.717, 1.165) is 0 Å². The summed E-state index contributed by atoms with van der Waals surface area (Å²) >= 11 is 0. The molecule has 1 amide bonds. The van der Waals surface area contributed by atoms with Gasteiger partial charge in [0.15, 0.2) is 5.71 Å². The SMILES string of the molecule is CCOC(=O)C(=N/N=C1\NNC(=O)CC1(C)C)C(C)C(=O)OCC. The molecule has 1 saturated heterocycles. The van der Waals surface area contributed by atoms with E-state index in [1.165, 1.54) is 6.92 Å². The Hall–Kier alpha value is -2.45. The first kappa shape index (κ1) is 19.6. The Labute approximate surface area is 140 Å². The number of ether oxygens (including phenoxy) is 2. The van der Waals surface area contributed by atoms with Gasteiger partial charge in [-0.25, -0.2) is 4.79 Å². The van der Waals surface area contributed by atoms with Gasteiger partial charge in [0.2, 0.25) is 5.91 Å². The zero-order chi connectivity index (χ0) is 18.3. The first-order valence-corrected chi connectivity index (χ1v) is 7.77. The van der Waals surface area contributed by atoms with E-state index in [1.54, 1.807) is 13.8 Å². The minimum atomic E-state index is -0.922. The van der Waals surface area contributed by atoms with Crippen molar-refractivity contribution in [2.75, 3.05) is 13.2 Å². The van der Waals surface area contributed by atoms with Crippen molar-refractivity contribution >= 4 is 29.4 Å².